The molecule has 2 aliphatic carbocycles. The van der Waals surface area contributed by atoms with E-state index in [0.29, 0.717) is 37.5 Å². The van der Waals surface area contributed by atoms with Gasteiger partial charge in [-0.1, -0.05) is 6.08 Å². The van der Waals surface area contributed by atoms with Gasteiger partial charge in [-0.05, 0) is 125 Å². The molecule has 0 radical (unpaired) electrons. The zero-order chi connectivity index (χ0) is 28.3. The Morgan fingerprint density at radius 2 is 1.24 bits per heavy atom. The number of piperidine rings is 2. The molecule has 8 heteroatoms. The first-order chi connectivity index (χ1) is 17.4. The molecule has 216 valence electrons. The second kappa shape index (κ2) is 10.2. The maximum Gasteiger partial charge on any atom is 0.247 e. The first kappa shape index (κ1) is 29.5. The molecule has 2 aliphatic heterocycles. The molecule has 2 heterocycles. The number of hydroxylamine groups is 4. The Morgan fingerprint density at radius 3 is 1.74 bits per heavy atom. The summed E-state index contributed by atoms with van der Waals surface area (Å²) < 4.78 is 0. The molecule has 3 unspecified atom stereocenters. The van der Waals surface area contributed by atoms with E-state index in [0.717, 1.165) is 37.7 Å². The van der Waals surface area contributed by atoms with E-state index in [-0.39, 0.29) is 29.8 Å². The molecule has 0 spiro atoms. The van der Waals surface area contributed by atoms with Crippen molar-refractivity contribution in [3.05, 3.63) is 22.1 Å². The second-order valence-corrected chi connectivity index (χ2v) is 15.2. The van der Waals surface area contributed by atoms with Gasteiger partial charge >= 0.3 is 0 Å². The fourth-order valence-electron chi connectivity index (χ4n) is 8.29. The van der Waals surface area contributed by atoms with Crippen LogP contribution in [0.2, 0.25) is 0 Å². The summed E-state index contributed by atoms with van der Waals surface area (Å²) in [4.78, 5) is 26.5. The van der Waals surface area contributed by atoms with Gasteiger partial charge < -0.3 is 31.2 Å². The molecule has 0 bridgehead atoms. The van der Waals surface area contributed by atoms with E-state index in [2.05, 4.69) is 16.7 Å². The van der Waals surface area contributed by atoms with Gasteiger partial charge in [0, 0.05) is 45.7 Å². The van der Waals surface area contributed by atoms with E-state index in [1.54, 1.807) is 0 Å². The lowest BCUT2D eigenvalue weighted by atomic mass is 9.67. The van der Waals surface area contributed by atoms with Crippen LogP contribution < -0.4 is 10.6 Å². The molecule has 1 saturated carbocycles. The van der Waals surface area contributed by atoms with Gasteiger partial charge in [0.05, 0.1) is 0 Å². The second-order valence-electron chi connectivity index (χ2n) is 15.2. The van der Waals surface area contributed by atoms with Crippen molar-refractivity contribution >= 4 is 11.8 Å². The minimum Gasteiger partial charge on any atom is -0.784 e. The highest BCUT2D eigenvalue weighted by molar-refractivity contribution is 5.93. The van der Waals surface area contributed by atoms with Gasteiger partial charge in [-0.3, -0.25) is 9.59 Å². The van der Waals surface area contributed by atoms with Gasteiger partial charge in [-0.15, -0.1) is 0 Å². The van der Waals surface area contributed by atoms with E-state index in [4.69, 9.17) is 0 Å². The standard InChI is InChI=1S/C30H50N4O4/c1-27(2)15-23(16-28(3,4)33(27)37)31-25(35)21-11-9-20-14-22(12-10-19(20)13-21)26(36)32-24-17-29(5,6)34(38)30(7,8)18-24/h11,19-20,22-24H,9-10,12-18H2,1-8H3,(H,31,35)(H,32,36)/q-2. The van der Waals surface area contributed by atoms with Crippen molar-refractivity contribution in [2.24, 2.45) is 17.8 Å². The number of nitrogens with zero attached hydrogens (tertiary/aromatic N) is 2. The Hall–Kier alpha value is -1.48. The van der Waals surface area contributed by atoms with Crippen molar-refractivity contribution in [3.8, 4) is 0 Å². The predicted molar refractivity (Wildman–Crippen MR) is 151 cm³/mol. The van der Waals surface area contributed by atoms with Gasteiger partial charge in [0.25, 0.3) is 0 Å². The third kappa shape index (κ3) is 5.98. The van der Waals surface area contributed by atoms with Crippen molar-refractivity contribution in [1.82, 2.24) is 20.8 Å². The van der Waals surface area contributed by atoms with Crippen LogP contribution in [-0.4, -0.2) is 56.2 Å². The largest absolute Gasteiger partial charge is 0.784 e. The quantitative estimate of drug-likeness (QED) is 0.529. The van der Waals surface area contributed by atoms with Gasteiger partial charge in [-0.25, -0.2) is 0 Å². The molecule has 3 atom stereocenters. The molecule has 2 N–H and O–H groups in total. The highest BCUT2D eigenvalue weighted by Crippen LogP contribution is 2.44. The number of allylic oxidation sites excluding steroid dienone is 1. The summed E-state index contributed by atoms with van der Waals surface area (Å²) in [7, 11) is 0. The highest BCUT2D eigenvalue weighted by atomic mass is 16.5. The average molecular weight is 531 g/mol. The third-order valence-corrected chi connectivity index (χ3v) is 9.82. The molecule has 38 heavy (non-hydrogen) atoms. The fraction of sp³-hybridized carbons (Fsp3) is 0.867. The Morgan fingerprint density at radius 1 is 0.763 bits per heavy atom. The van der Waals surface area contributed by atoms with Gasteiger partial charge in [0.1, 0.15) is 0 Å². The zero-order valence-corrected chi connectivity index (χ0v) is 24.9. The van der Waals surface area contributed by atoms with Crippen LogP contribution in [0.25, 0.3) is 0 Å². The first-order valence-electron chi connectivity index (χ1n) is 14.7. The van der Waals surface area contributed by atoms with E-state index in [1.165, 1.54) is 10.1 Å². The Balaban J connectivity index is 1.31. The Bertz CT molecular complexity index is 920. The molecule has 4 rings (SSSR count). The summed E-state index contributed by atoms with van der Waals surface area (Å²) in [5.74, 6) is 0.992. The molecule has 4 aliphatic rings. The van der Waals surface area contributed by atoms with E-state index >= 15 is 0 Å². The van der Waals surface area contributed by atoms with E-state index in [9.17, 15) is 20.0 Å². The van der Waals surface area contributed by atoms with Crippen LogP contribution in [0.4, 0.5) is 0 Å². The lowest BCUT2D eigenvalue weighted by molar-refractivity contribution is -0.129. The van der Waals surface area contributed by atoms with Crippen molar-refractivity contribution in [1.29, 1.82) is 0 Å². The summed E-state index contributed by atoms with van der Waals surface area (Å²) >= 11 is 0. The molecular formula is C30H50N4O4-2. The molecule has 0 aromatic rings. The summed E-state index contributed by atoms with van der Waals surface area (Å²) in [6, 6.07) is -0.000369. The van der Waals surface area contributed by atoms with Crippen molar-refractivity contribution in [2.45, 2.75) is 147 Å². The smallest absolute Gasteiger partial charge is 0.247 e. The summed E-state index contributed by atoms with van der Waals surface area (Å²) in [6.45, 7) is 15.6. The topological polar surface area (TPSA) is 111 Å². The Labute approximate surface area is 229 Å². The monoisotopic (exact) mass is 530 g/mol. The number of nitrogens with one attached hydrogen (secondary N) is 2. The number of carbonyl (C=O) groups excluding carboxylic acids is 2. The van der Waals surface area contributed by atoms with Crippen LogP contribution in [0, 0.1) is 28.2 Å². The molecule has 8 nitrogen and oxygen atoms in total. The molecule has 0 aromatic carbocycles. The summed E-state index contributed by atoms with van der Waals surface area (Å²) in [5, 5.41) is 34.3. The zero-order valence-electron chi connectivity index (χ0n) is 24.9. The number of rotatable bonds is 4. The van der Waals surface area contributed by atoms with Crippen molar-refractivity contribution in [3.63, 3.8) is 0 Å². The molecule has 0 aromatic heterocycles. The lowest BCUT2D eigenvalue weighted by Crippen LogP contribution is -2.62. The molecule has 2 amide bonds. The van der Waals surface area contributed by atoms with Crippen LogP contribution in [0.1, 0.15) is 113 Å². The predicted octanol–water partition coefficient (Wildman–Crippen LogP) is 5.01. The number of amides is 2. The van der Waals surface area contributed by atoms with Gasteiger partial charge in [0.15, 0.2) is 0 Å². The number of hydrogen-bond acceptors (Lipinski definition) is 6. The molecule has 3 fully saturated rings. The minimum absolute atomic E-state index is 0.00160. The number of fused-ring (bicyclic) bond motifs is 1. The van der Waals surface area contributed by atoms with Crippen LogP contribution in [-0.2, 0) is 9.59 Å². The SMILES string of the molecule is CC1(C)CC(NC(=O)C2=CCC3CC(C(=O)NC4CC(C)(C)N([O-])C(C)(C)C4)CCC3C2)CC(C)(C)N1[O-]. The van der Waals surface area contributed by atoms with E-state index in [1.807, 2.05) is 55.4 Å². The van der Waals surface area contributed by atoms with Gasteiger partial charge in [-0.2, -0.15) is 0 Å². The van der Waals surface area contributed by atoms with Gasteiger partial charge in [0.2, 0.25) is 11.8 Å². The number of hydrogen-bond donors (Lipinski definition) is 2. The van der Waals surface area contributed by atoms with Crippen molar-refractivity contribution in [2.75, 3.05) is 0 Å². The normalized spacial score (nSPS) is 33.6. The lowest BCUT2D eigenvalue weighted by Gasteiger charge is -2.60. The summed E-state index contributed by atoms with van der Waals surface area (Å²) in [5.41, 5.74) is -1.16. The van der Waals surface area contributed by atoms with Crippen LogP contribution in [0.3, 0.4) is 0 Å². The number of carbonyl (C=O) groups is 2. The molecular weight excluding hydrogens is 480 g/mol. The Kier molecular flexibility index (Phi) is 7.89. The highest BCUT2D eigenvalue weighted by Gasteiger charge is 2.43. The minimum atomic E-state index is -0.512. The fourth-order valence-corrected chi connectivity index (χ4v) is 8.29. The van der Waals surface area contributed by atoms with Crippen molar-refractivity contribution < 1.29 is 9.59 Å². The average Bonchev–Trinajstić information content (AvgIpc) is 2.79. The van der Waals surface area contributed by atoms with Crippen LogP contribution in [0.5, 0.6) is 0 Å². The first-order valence-corrected chi connectivity index (χ1v) is 14.7. The molecule has 2 saturated heterocycles. The third-order valence-electron chi connectivity index (χ3n) is 9.82. The maximum absolute atomic E-state index is 13.3. The maximum atomic E-state index is 13.3. The summed E-state index contributed by atoms with van der Waals surface area (Å²) in [6.07, 6.45) is 8.96. The van der Waals surface area contributed by atoms with E-state index < -0.39 is 22.2 Å². The van der Waals surface area contributed by atoms with Crippen LogP contribution >= 0.6 is 0 Å². The van der Waals surface area contributed by atoms with Crippen LogP contribution in [0.15, 0.2) is 11.6 Å².